The third-order valence-corrected chi connectivity index (χ3v) is 3.06. The monoisotopic (exact) mass is 347 g/mol. The highest BCUT2D eigenvalue weighted by Crippen LogP contribution is 2.09. The molecule has 4 nitrogen and oxygen atoms in total. The molecule has 1 aromatic carbocycles. The van der Waals surface area contributed by atoms with E-state index in [0.717, 1.165) is 9.13 Å². The van der Waals surface area contributed by atoms with Crippen molar-refractivity contribution in [2.45, 2.75) is 12.8 Å². The van der Waals surface area contributed by atoms with Gasteiger partial charge in [-0.05, 0) is 46.7 Å². The number of nitrogens with zero attached hydrogens (tertiary/aromatic N) is 1. The summed E-state index contributed by atoms with van der Waals surface area (Å²) in [7, 11) is 1.50. The molecule has 0 unspecified atom stereocenters. The molecule has 17 heavy (non-hydrogen) atoms. The summed E-state index contributed by atoms with van der Waals surface area (Å²) in [4.78, 5) is 23.2. The molecule has 1 aromatic rings. The molecule has 0 saturated carbocycles. The molecule has 0 aliphatic rings. The fraction of sp³-hybridized carbons (Fsp3) is 0.333. The average Bonchev–Trinajstić information content (AvgIpc) is 2.27. The van der Waals surface area contributed by atoms with Gasteiger partial charge in [-0.15, -0.1) is 0 Å². The number of carbonyl (C=O) groups is 2. The van der Waals surface area contributed by atoms with Crippen LogP contribution < -0.4 is 0 Å². The molecule has 92 valence electrons. The van der Waals surface area contributed by atoms with Gasteiger partial charge in [-0.2, -0.15) is 0 Å². The molecular formula is C12H14INO3. The fourth-order valence-corrected chi connectivity index (χ4v) is 1.74. The number of benzene rings is 1. The SMILES string of the molecule is CN(CC(=O)O)C(=O)CCc1ccc(I)cc1. The van der Waals surface area contributed by atoms with Crippen LogP contribution in [0.15, 0.2) is 24.3 Å². The number of amides is 1. The smallest absolute Gasteiger partial charge is 0.323 e. The van der Waals surface area contributed by atoms with Crippen molar-refractivity contribution in [3.8, 4) is 0 Å². The lowest BCUT2D eigenvalue weighted by atomic mass is 10.1. The minimum absolute atomic E-state index is 0.147. The largest absolute Gasteiger partial charge is 0.480 e. The Morgan fingerprint density at radius 1 is 1.29 bits per heavy atom. The van der Waals surface area contributed by atoms with Gasteiger partial charge in [0.15, 0.2) is 0 Å². The molecule has 1 N–H and O–H groups in total. The van der Waals surface area contributed by atoms with E-state index in [4.69, 9.17) is 5.11 Å². The van der Waals surface area contributed by atoms with E-state index in [-0.39, 0.29) is 12.5 Å². The molecule has 0 saturated heterocycles. The third kappa shape index (κ3) is 5.16. The molecule has 0 fully saturated rings. The van der Waals surface area contributed by atoms with Crippen LogP contribution >= 0.6 is 22.6 Å². The van der Waals surface area contributed by atoms with E-state index >= 15 is 0 Å². The fourth-order valence-electron chi connectivity index (χ4n) is 1.38. The predicted octanol–water partition coefficient (Wildman–Crippen LogP) is 1.77. The second kappa shape index (κ2) is 6.58. The number of hydrogen-bond donors (Lipinski definition) is 1. The molecule has 0 radical (unpaired) electrons. The van der Waals surface area contributed by atoms with Crippen LogP contribution in [0.2, 0.25) is 0 Å². The number of aliphatic carboxylic acids is 1. The van der Waals surface area contributed by atoms with Crippen molar-refractivity contribution in [1.29, 1.82) is 0 Å². The maximum Gasteiger partial charge on any atom is 0.323 e. The lowest BCUT2D eigenvalue weighted by Crippen LogP contribution is -2.32. The molecule has 5 heteroatoms. The molecule has 1 amide bonds. The van der Waals surface area contributed by atoms with E-state index in [0.29, 0.717) is 12.8 Å². The van der Waals surface area contributed by atoms with E-state index in [1.165, 1.54) is 11.9 Å². The number of carboxylic acids is 1. The summed E-state index contributed by atoms with van der Waals surface area (Å²) in [6.07, 6.45) is 0.976. The Morgan fingerprint density at radius 2 is 1.88 bits per heavy atom. The number of carbonyl (C=O) groups excluding carboxylic acids is 1. The zero-order valence-corrected chi connectivity index (χ0v) is 11.7. The topological polar surface area (TPSA) is 57.6 Å². The highest BCUT2D eigenvalue weighted by Gasteiger charge is 2.11. The van der Waals surface area contributed by atoms with Crippen molar-refractivity contribution in [2.75, 3.05) is 13.6 Å². The molecule has 0 atom stereocenters. The number of halogens is 1. The standard InChI is InChI=1S/C12H14INO3/c1-14(8-12(16)17)11(15)7-4-9-2-5-10(13)6-3-9/h2-3,5-6H,4,7-8H2,1H3,(H,16,17). The molecule has 0 aliphatic heterocycles. The second-order valence-corrected chi connectivity index (χ2v) is 5.02. The van der Waals surface area contributed by atoms with Gasteiger partial charge in [0.25, 0.3) is 0 Å². The molecule has 0 aliphatic carbocycles. The maximum atomic E-state index is 11.6. The first-order valence-corrected chi connectivity index (χ1v) is 6.27. The predicted molar refractivity (Wildman–Crippen MR) is 72.8 cm³/mol. The van der Waals surface area contributed by atoms with Gasteiger partial charge >= 0.3 is 5.97 Å². The lowest BCUT2D eigenvalue weighted by Gasteiger charge is -2.14. The van der Waals surface area contributed by atoms with Crippen LogP contribution in [0, 0.1) is 3.57 Å². The number of rotatable bonds is 5. The first-order valence-electron chi connectivity index (χ1n) is 5.19. The summed E-state index contributed by atoms with van der Waals surface area (Å²) in [5, 5.41) is 8.55. The lowest BCUT2D eigenvalue weighted by molar-refractivity contribution is -0.143. The Morgan fingerprint density at radius 3 is 2.41 bits per heavy atom. The van der Waals surface area contributed by atoms with E-state index in [2.05, 4.69) is 22.6 Å². The Kier molecular flexibility index (Phi) is 5.40. The van der Waals surface area contributed by atoms with Crippen LogP contribution in [0.3, 0.4) is 0 Å². The van der Waals surface area contributed by atoms with E-state index in [1.54, 1.807) is 0 Å². The molecule has 0 aromatic heterocycles. The van der Waals surface area contributed by atoms with Crippen LogP contribution in [0.4, 0.5) is 0 Å². The molecule has 0 bridgehead atoms. The quantitative estimate of drug-likeness (QED) is 0.826. The first-order chi connectivity index (χ1) is 7.99. The minimum atomic E-state index is -0.991. The average molecular weight is 347 g/mol. The maximum absolute atomic E-state index is 11.6. The van der Waals surface area contributed by atoms with Crippen molar-refractivity contribution in [3.63, 3.8) is 0 Å². The van der Waals surface area contributed by atoms with Gasteiger partial charge in [-0.1, -0.05) is 12.1 Å². The Bertz CT molecular complexity index is 403. The number of hydrogen-bond acceptors (Lipinski definition) is 2. The zero-order valence-electron chi connectivity index (χ0n) is 9.52. The molecule has 0 heterocycles. The Hall–Kier alpha value is -1.11. The Balaban J connectivity index is 2.42. The zero-order chi connectivity index (χ0) is 12.8. The van der Waals surface area contributed by atoms with Gasteiger partial charge in [0.1, 0.15) is 6.54 Å². The van der Waals surface area contributed by atoms with Gasteiger partial charge in [-0.3, -0.25) is 9.59 Å². The summed E-state index contributed by atoms with van der Waals surface area (Å²) < 4.78 is 1.15. The van der Waals surface area contributed by atoms with Gasteiger partial charge in [0, 0.05) is 17.0 Å². The van der Waals surface area contributed by atoms with E-state index < -0.39 is 5.97 Å². The van der Waals surface area contributed by atoms with Crippen LogP contribution in [0.5, 0.6) is 0 Å². The van der Waals surface area contributed by atoms with Gasteiger partial charge in [0.05, 0.1) is 0 Å². The van der Waals surface area contributed by atoms with Gasteiger partial charge < -0.3 is 10.0 Å². The first kappa shape index (κ1) is 14.0. The summed E-state index contributed by atoms with van der Waals surface area (Å²) in [5.41, 5.74) is 1.09. The highest BCUT2D eigenvalue weighted by atomic mass is 127. The third-order valence-electron chi connectivity index (χ3n) is 2.34. The van der Waals surface area contributed by atoms with E-state index in [1.807, 2.05) is 24.3 Å². The van der Waals surface area contributed by atoms with E-state index in [9.17, 15) is 9.59 Å². The molecule has 0 spiro atoms. The summed E-state index contributed by atoms with van der Waals surface area (Å²) in [6, 6.07) is 7.93. The summed E-state index contributed by atoms with van der Waals surface area (Å²) in [5.74, 6) is -1.14. The van der Waals surface area contributed by atoms with Gasteiger partial charge in [0.2, 0.25) is 5.91 Å². The normalized spacial score (nSPS) is 10.0. The van der Waals surface area contributed by atoms with Crippen molar-refractivity contribution >= 4 is 34.5 Å². The number of likely N-dealkylation sites (N-methyl/N-ethyl adjacent to an activating group) is 1. The van der Waals surface area contributed by atoms with Crippen molar-refractivity contribution in [1.82, 2.24) is 4.90 Å². The summed E-state index contributed by atoms with van der Waals surface area (Å²) in [6.45, 7) is -0.245. The second-order valence-electron chi connectivity index (χ2n) is 3.77. The van der Waals surface area contributed by atoms with Crippen LogP contribution in [-0.2, 0) is 16.0 Å². The highest BCUT2D eigenvalue weighted by molar-refractivity contribution is 14.1. The summed E-state index contributed by atoms with van der Waals surface area (Å²) >= 11 is 2.22. The number of aryl methyl sites for hydroxylation is 1. The van der Waals surface area contributed by atoms with Crippen molar-refractivity contribution < 1.29 is 14.7 Å². The van der Waals surface area contributed by atoms with Crippen LogP contribution in [0.25, 0.3) is 0 Å². The molecule has 1 rings (SSSR count). The Labute approximate surface area is 114 Å². The van der Waals surface area contributed by atoms with Gasteiger partial charge in [-0.25, -0.2) is 0 Å². The van der Waals surface area contributed by atoms with Crippen molar-refractivity contribution in [2.24, 2.45) is 0 Å². The van der Waals surface area contributed by atoms with Crippen LogP contribution in [-0.4, -0.2) is 35.5 Å². The molecular weight excluding hydrogens is 333 g/mol. The van der Waals surface area contributed by atoms with Crippen LogP contribution in [0.1, 0.15) is 12.0 Å². The van der Waals surface area contributed by atoms with Crippen molar-refractivity contribution in [3.05, 3.63) is 33.4 Å². The minimum Gasteiger partial charge on any atom is -0.480 e. The number of carboxylic acid groups (broad SMARTS) is 1.